The van der Waals surface area contributed by atoms with Crippen molar-refractivity contribution in [2.24, 2.45) is 17.8 Å². The minimum absolute atomic E-state index is 0.0535. The first-order valence-corrected chi connectivity index (χ1v) is 6.50. The normalized spacial score (nSPS) is 42.4. The molecule has 15 heavy (non-hydrogen) atoms. The van der Waals surface area contributed by atoms with Crippen molar-refractivity contribution < 1.29 is 4.74 Å². The summed E-state index contributed by atoms with van der Waals surface area (Å²) in [5, 5.41) is 3.66. The Hall–Kier alpha value is -0.0800. The lowest BCUT2D eigenvalue weighted by Gasteiger charge is -2.45. The monoisotopic (exact) mass is 211 g/mol. The molecule has 1 atom stereocenters. The van der Waals surface area contributed by atoms with Gasteiger partial charge in [0.05, 0.1) is 6.61 Å². The predicted octanol–water partition coefficient (Wildman–Crippen LogP) is 2.78. The molecule has 1 heterocycles. The summed E-state index contributed by atoms with van der Waals surface area (Å²) in [5.41, 5.74) is 0.0535. The zero-order chi connectivity index (χ0) is 10.9. The Balaban J connectivity index is 1.86. The third-order valence-electron chi connectivity index (χ3n) is 4.28. The van der Waals surface area contributed by atoms with Crippen LogP contribution in [-0.2, 0) is 4.74 Å². The summed E-state index contributed by atoms with van der Waals surface area (Å²) < 4.78 is 6.12. The Morgan fingerprint density at radius 1 is 1.27 bits per heavy atom. The highest BCUT2D eigenvalue weighted by atomic mass is 16.5. The van der Waals surface area contributed by atoms with Gasteiger partial charge in [0.2, 0.25) is 0 Å². The molecule has 88 valence electrons. The second-order valence-corrected chi connectivity index (χ2v) is 5.87. The van der Waals surface area contributed by atoms with Crippen LogP contribution in [-0.4, -0.2) is 18.9 Å². The van der Waals surface area contributed by atoms with E-state index in [4.69, 9.17) is 4.74 Å². The van der Waals surface area contributed by atoms with Crippen molar-refractivity contribution in [1.29, 1.82) is 0 Å². The molecule has 2 aliphatic rings. The second-order valence-electron chi connectivity index (χ2n) is 5.87. The largest absolute Gasteiger partial charge is 0.360 e. The average Bonchev–Trinajstić information content (AvgIpc) is 2.24. The van der Waals surface area contributed by atoms with Gasteiger partial charge in [0.25, 0.3) is 0 Å². The van der Waals surface area contributed by atoms with E-state index in [0.29, 0.717) is 5.92 Å². The zero-order valence-corrected chi connectivity index (χ0v) is 10.4. The Morgan fingerprint density at radius 2 is 1.93 bits per heavy atom. The number of ether oxygens (including phenoxy) is 1. The molecule has 2 nitrogen and oxygen atoms in total. The molecule has 0 radical (unpaired) electrons. The molecular weight excluding hydrogens is 186 g/mol. The third kappa shape index (κ3) is 2.54. The maximum atomic E-state index is 6.12. The standard InChI is InChI=1S/C13H25NO/c1-10(2)12-8-14-13(15-9-12)6-4-11(3)5-7-13/h10-12,14H,4-9H2,1-3H3. The van der Waals surface area contributed by atoms with Crippen molar-refractivity contribution in [3.05, 3.63) is 0 Å². The molecule has 0 aromatic rings. The van der Waals surface area contributed by atoms with Crippen molar-refractivity contribution in [3.63, 3.8) is 0 Å². The highest BCUT2D eigenvalue weighted by Crippen LogP contribution is 2.35. The van der Waals surface area contributed by atoms with E-state index in [1.807, 2.05) is 0 Å². The lowest BCUT2D eigenvalue weighted by molar-refractivity contribution is -0.145. The lowest BCUT2D eigenvalue weighted by atomic mass is 9.82. The molecule has 1 unspecified atom stereocenters. The van der Waals surface area contributed by atoms with Crippen LogP contribution < -0.4 is 5.32 Å². The van der Waals surface area contributed by atoms with E-state index in [1.165, 1.54) is 25.7 Å². The molecule has 2 heteroatoms. The van der Waals surface area contributed by atoms with Crippen molar-refractivity contribution in [1.82, 2.24) is 5.32 Å². The summed E-state index contributed by atoms with van der Waals surface area (Å²) in [6.45, 7) is 9.03. The summed E-state index contributed by atoms with van der Waals surface area (Å²) in [6.07, 6.45) is 5.05. The second kappa shape index (κ2) is 4.42. The number of rotatable bonds is 1. The van der Waals surface area contributed by atoms with E-state index in [0.717, 1.165) is 25.0 Å². The topological polar surface area (TPSA) is 21.3 Å². The van der Waals surface area contributed by atoms with E-state index < -0.39 is 0 Å². The van der Waals surface area contributed by atoms with E-state index >= 15 is 0 Å². The van der Waals surface area contributed by atoms with Crippen LogP contribution in [0.25, 0.3) is 0 Å². The van der Waals surface area contributed by atoms with E-state index in [9.17, 15) is 0 Å². The van der Waals surface area contributed by atoms with Gasteiger partial charge in [-0.3, -0.25) is 5.32 Å². The molecule has 1 aliphatic heterocycles. The lowest BCUT2D eigenvalue weighted by Crippen LogP contribution is -2.57. The minimum Gasteiger partial charge on any atom is -0.360 e. The van der Waals surface area contributed by atoms with Crippen LogP contribution in [0.5, 0.6) is 0 Å². The summed E-state index contributed by atoms with van der Waals surface area (Å²) in [7, 11) is 0. The van der Waals surface area contributed by atoms with E-state index in [-0.39, 0.29) is 5.72 Å². The summed E-state index contributed by atoms with van der Waals surface area (Å²) in [6, 6.07) is 0. The number of nitrogens with one attached hydrogen (secondary N) is 1. The molecule has 2 fully saturated rings. The molecule has 1 saturated carbocycles. The molecule has 1 N–H and O–H groups in total. The summed E-state index contributed by atoms with van der Waals surface area (Å²) >= 11 is 0. The summed E-state index contributed by atoms with van der Waals surface area (Å²) in [5.74, 6) is 2.33. The third-order valence-corrected chi connectivity index (χ3v) is 4.28. The highest BCUT2D eigenvalue weighted by molar-refractivity contribution is 4.88. The van der Waals surface area contributed by atoms with Crippen molar-refractivity contribution in [2.45, 2.75) is 52.2 Å². The Kier molecular flexibility index (Phi) is 3.36. The predicted molar refractivity (Wildman–Crippen MR) is 62.6 cm³/mol. The van der Waals surface area contributed by atoms with Crippen molar-refractivity contribution >= 4 is 0 Å². The van der Waals surface area contributed by atoms with Gasteiger partial charge >= 0.3 is 0 Å². The van der Waals surface area contributed by atoms with Crippen molar-refractivity contribution in [2.75, 3.05) is 13.2 Å². The van der Waals surface area contributed by atoms with Gasteiger partial charge in [-0.05, 0) is 43.4 Å². The van der Waals surface area contributed by atoms with Gasteiger partial charge < -0.3 is 4.74 Å². The zero-order valence-electron chi connectivity index (χ0n) is 10.4. The van der Waals surface area contributed by atoms with Crippen LogP contribution in [0.4, 0.5) is 0 Å². The SMILES string of the molecule is CC1CCC2(CC1)NCC(C(C)C)CO2. The Labute approximate surface area is 93.8 Å². The van der Waals surface area contributed by atoms with Gasteiger partial charge in [0, 0.05) is 6.54 Å². The Bertz CT molecular complexity index is 197. The molecule has 1 aliphatic carbocycles. The van der Waals surface area contributed by atoms with Gasteiger partial charge in [-0.15, -0.1) is 0 Å². The van der Waals surface area contributed by atoms with Gasteiger partial charge in [0.15, 0.2) is 0 Å². The smallest absolute Gasteiger partial charge is 0.119 e. The fourth-order valence-electron chi connectivity index (χ4n) is 2.67. The maximum absolute atomic E-state index is 6.12. The first kappa shape index (κ1) is 11.4. The van der Waals surface area contributed by atoms with Gasteiger partial charge in [0.1, 0.15) is 5.72 Å². The van der Waals surface area contributed by atoms with E-state index in [2.05, 4.69) is 26.1 Å². The maximum Gasteiger partial charge on any atom is 0.119 e. The Morgan fingerprint density at radius 3 is 2.40 bits per heavy atom. The van der Waals surface area contributed by atoms with Crippen LogP contribution in [0, 0.1) is 17.8 Å². The molecule has 0 aromatic carbocycles. The van der Waals surface area contributed by atoms with Crippen molar-refractivity contribution in [3.8, 4) is 0 Å². The fourth-order valence-corrected chi connectivity index (χ4v) is 2.67. The molecule has 0 amide bonds. The van der Waals surface area contributed by atoms with Crippen LogP contribution in [0.2, 0.25) is 0 Å². The summed E-state index contributed by atoms with van der Waals surface area (Å²) in [4.78, 5) is 0. The number of hydrogen-bond acceptors (Lipinski definition) is 2. The molecular formula is C13H25NO. The van der Waals surface area contributed by atoms with Crippen LogP contribution >= 0.6 is 0 Å². The molecule has 1 saturated heterocycles. The van der Waals surface area contributed by atoms with Crippen LogP contribution in [0.1, 0.15) is 46.5 Å². The quantitative estimate of drug-likeness (QED) is 0.720. The molecule has 0 bridgehead atoms. The first-order chi connectivity index (χ1) is 7.11. The van der Waals surface area contributed by atoms with Gasteiger partial charge in [-0.2, -0.15) is 0 Å². The number of hydrogen-bond donors (Lipinski definition) is 1. The van der Waals surface area contributed by atoms with Crippen LogP contribution in [0.15, 0.2) is 0 Å². The van der Waals surface area contributed by atoms with Crippen LogP contribution in [0.3, 0.4) is 0 Å². The average molecular weight is 211 g/mol. The van der Waals surface area contributed by atoms with E-state index in [1.54, 1.807) is 0 Å². The highest BCUT2D eigenvalue weighted by Gasteiger charge is 2.38. The molecule has 1 spiro atoms. The first-order valence-electron chi connectivity index (χ1n) is 6.50. The van der Waals surface area contributed by atoms with Gasteiger partial charge in [-0.1, -0.05) is 20.8 Å². The minimum atomic E-state index is 0.0535. The fraction of sp³-hybridized carbons (Fsp3) is 1.00. The molecule has 0 aromatic heterocycles. The molecule has 2 rings (SSSR count). The van der Waals surface area contributed by atoms with Gasteiger partial charge in [-0.25, -0.2) is 0 Å².